The molecule has 0 aromatic heterocycles. The molecule has 23 heavy (non-hydrogen) atoms. The van der Waals surface area contributed by atoms with E-state index in [1.165, 1.54) is 70.6 Å². The number of hydrogen-bond acceptors (Lipinski definition) is 3. The van der Waals surface area contributed by atoms with Crippen LogP contribution in [0.4, 0.5) is 0 Å². The number of carbonyl (C=O) groups excluding carboxylic acids is 2. The van der Waals surface area contributed by atoms with Gasteiger partial charge in [-0.05, 0) is 6.42 Å². The summed E-state index contributed by atoms with van der Waals surface area (Å²) >= 11 is 0. The zero-order valence-corrected chi connectivity index (χ0v) is 15.2. The molecule has 0 bridgehead atoms. The van der Waals surface area contributed by atoms with Gasteiger partial charge in [-0.15, -0.1) is 0 Å². The van der Waals surface area contributed by atoms with Crippen LogP contribution in [-0.4, -0.2) is 18.4 Å². The Hall–Kier alpha value is -0.900. The fourth-order valence-electron chi connectivity index (χ4n) is 2.71. The predicted molar refractivity (Wildman–Crippen MR) is 97.1 cm³/mol. The summed E-state index contributed by atoms with van der Waals surface area (Å²) in [5.74, 6) is -0.418. The van der Waals surface area contributed by atoms with Gasteiger partial charge in [-0.1, -0.05) is 84.0 Å². The van der Waals surface area contributed by atoms with Crippen molar-refractivity contribution in [2.24, 2.45) is 5.73 Å². The first-order valence-electron chi connectivity index (χ1n) is 9.73. The molecule has 0 aromatic rings. The topological polar surface area (TPSA) is 72.2 Å². The number of nitrogens with one attached hydrogen (secondary N) is 1. The summed E-state index contributed by atoms with van der Waals surface area (Å²) in [6, 6.07) is 0. The number of imide groups is 1. The van der Waals surface area contributed by atoms with Crippen LogP contribution in [0.25, 0.3) is 0 Å². The second-order valence-corrected chi connectivity index (χ2v) is 6.50. The second-order valence-electron chi connectivity index (χ2n) is 6.50. The number of rotatable bonds is 16. The smallest absolute Gasteiger partial charge is 0.227 e. The molecule has 0 fully saturated rings. The minimum absolute atomic E-state index is 0.161. The molecule has 3 N–H and O–H groups in total. The molecular weight excluding hydrogens is 288 g/mol. The highest BCUT2D eigenvalue weighted by molar-refractivity contribution is 5.95. The molecule has 4 heteroatoms. The average Bonchev–Trinajstić information content (AvgIpc) is 2.52. The monoisotopic (exact) mass is 326 g/mol. The lowest BCUT2D eigenvalue weighted by Gasteiger charge is -2.04. The lowest BCUT2D eigenvalue weighted by molar-refractivity contribution is -0.130. The highest BCUT2D eigenvalue weighted by atomic mass is 16.2. The van der Waals surface area contributed by atoms with E-state index in [0.29, 0.717) is 6.42 Å². The van der Waals surface area contributed by atoms with Crippen LogP contribution in [0.3, 0.4) is 0 Å². The maximum atomic E-state index is 11.5. The Balaban J connectivity index is 3.18. The Morgan fingerprint density at radius 2 is 1.04 bits per heavy atom. The summed E-state index contributed by atoms with van der Waals surface area (Å²) in [7, 11) is 0. The van der Waals surface area contributed by atoms with E-state index < -0.39 is 0 Å². The van der Waals surface area contributed by atoms with Crippen LogP contribution >= 0.6 is 0 Å². The minimum atomic E-state index is -0.257. The van der Waals surface area contributed by atoms with Crippen molar-refractivity contribution in [3.8, 4) is 0 Å². The molecule has 0 unspecified atom stereocenters. The van der Waals surface area contributed by atoms with Gasteiger partial charge in [-0.25, -0.2) is 0 Å². The Kier molecular flexibility index (Phi) is 16.8. The van der Waals surface area contributed by atoms with Gasteiger partial charge in [0.1, 0.15) is 0 Å². The normalized spacial score (nSPS) is 10.7. The van der Waals surface area contributed by atoms with Crippen LogP contribution in [0.1, 0.15) is 103 Å². The first-order valence-corrected chi connectivity index (χ1v) is 9.73. The van der Waals surface area contributed by atoms with E-state index >= 15 is 0 Å². The first kappa shape index (κ1) is 22.1. The number of amides is 2. The predicted octanol–water partition coefficient (Wildman–Crippen LogP) is 4.46. The fraction of sp³-hybridized carbons (Fsp3) is 0.895. The van der Waals surface area contributed by atoms with Crippen LogP contribution in [-0.2, 0) is 9.59 Å². The van der Waals surface area contributed by atoms with Crippen molar-refractivity contribution in [3.63, 3.8) is 0 Å². The third-order valence-electron chi connectivity index (χ3n) is 4.16. The van der Waals surface area contributed by atoms with Crippen LogP contribution in [0.15, 0.2) is 0 Å². The van der Waals surface area contributed by atoms with Gasteiger partial charge in [0.25, 0.3) is 0 Å². The van der Waals surface area contributed by atoms with Crippen molar-refractivity contribution in [3.05, 3.63) is 0 Å². The van der Waals surface area contributed by atoms with Gasteiger partial charge in [0.2, 0.25) is 11.8 Å². The van der Waals surface area contributed by atoms with Crippen molar-refractivity contribution >= 4 is 11.8 Å². The molecular formula is C19H38N2O2. The molecule has 0 saturated carbocycles. The molecule has 0 radical (unpaired) electrons. The van der Waals surface area contributed by atoms with Crippen molar-refractivity contribution in [1.29, 1.82) is 0 Å². The Labute approximate surface area is 143 Å². The van der Waals surface area contributed by atoms with Gasteiger partial charge in [-0.3, -0.25) is 14.9 Å². The molecule has 2 amide bonds. The summed E-state index contributed by atoms with van der Waals surface area (Å²) in [5, 5.41) is 2.37. The summed E-state index contributed by atoms with van der Waals surface area (Å²) in [5.41, 5.74) is 5.26. The summed E-state index contributed by atoms with van der Waals surface area (Å²) in [4.78, 5) is 22.6. The first-order chi connectivity index (χ1) is 11.2. The van der Waals surface area contributed by atoms with Crippen molar-refractivity contribution in [2.75, 3.05) is 6.54 Å². The molecule has 0 heterocycles. The molecule has 0 saturated heterocycles. The van der Waals surface area contributed by atoms with Gasteiger partial charge in [0.05, 0.1) is 0 Å². The molecule has 4 nitrogen and oxygen atoms in total. The molecule has 0 spiro atoms. The van der Waals surface area contributed by atoms with E-state index in [1.807, 2.05) is 0 Å². The lowest BCUT2D eigenvalue weighted by atomic mass is 10.0. The molecule has 0 atom stereocenters. The summed E-state index contributed by atoms with van der Waals surface area (Å²) in [6.07, 6.45) is 17.4. The maximum absolute atomic E-state index is 11.5. The quantitative estimate of drug-likeness (QED) is 0.411. The van der Waals surface area contributed by atoms with E-state index in [9.17, 15) is 9.59 Å². The van der Waals surface area contributed by atoms with Crippen LogP contribution < -0.4 is 11.1 Å². The van der Waals surface area contributed by atoms with Crippen LogP contribution in [0, 0.1) is 0 Å². The van der Waals surface area contributed by atoms with E-state index in [-0.39, 0.29) is 24.8 Å². The highest BCUT2D eigenvalue weighted by Gasteiger charge is 2.06. The standard InChI is InChI=1S/C19H38N2O2/c1-2-3-4-5-6-7-8-9-10-11-12-13-14-15-18(22)21-19(23)16-17-20/h2-17,20H2,1H3,(H,21,22,23). The van der Waals surface area contributed by atoms with Crippen LogP contribution in [0.5, 0.6) is 0 Å². The van der Waals surface area contributed by atoms with Gasteiger partial charge >= 0.3 is 0 Å². The Morgan fingerprint density at radius 3 is 1.48 bits per heavy atom. The average molecular weight is 327 g/mol. The van der Waals surface area contributed by atoms with Gasteiger partial charge in [0.15, 0.2) is 0 Å². The highest BCUT2D eigenvalue weighted by Crippen LogP contribution is 2.12. The third-order valence-corrected chi connectivity index (χ3v) is 4.16. The van der Waals surface area contributed by atoms with Crippen molar-refractivity contribution in [1.82, 2.24) is 5.32 Å². The van der Waals surface area contributed by atoms with E-state index in [0.717, 1.165) is 12.8 Å². The molecule has 0 aliphatic rings. The molecule has 0 aliphatic heterocycles. The van der Waals surface area contributed by atoms with Gasteiger partial charge < -0.3 is 5.73 Å². The molecule has 0 aromatic carbocycles. The lowest BCUT2D eigenvalue weighted by Crippen LogP contribution is -2.31. The Morgan fingerprint density at radius 1 is 0.652 bits per heavy atom. The zero-order chi connectivity index (χ0) is 17.2. The number of unbranched alkanes of at least 4 members (excludes halogenated alkanes) is 12. The summed E-state index contributed by atoms with van der Waals surface area (Å²) < 4.78 is 0. The number of hydrogen-bond donors (Lipinski definition) is 2. The van der Waals surface area contributed by atoms with Crippen molar-refractivity contribution < 1.29 is 9.59 Å². The van der Waals surface area contributed by atoms with E-state index in [4.69, 9.17) is 5.73 Å². The minimum Gasteiger partial charge on any atom is -0.330 e. The maximum Gasteiger partial charge on any atom is 0.227 e. The van der Waals surface area contributed by atoms with E-state index in [2.05, 4.69) is 12.2 Å². The zero-order valence-electron chi connectivity index (χ0n) is 15.2. The molecule has 0 aliphatic carbocycles. The third kappa shape index (κ3) is 17.3. The van der Waals surface area contributed by atoms with Gasteiger partial charge in [0, 0.05) is 19.4 Å². The van der Waals surface area contributed by atoms with Crippen molar-refractivity contribution in [2.45, 2.75) is 103 Å². The SMILES string of the molecule is CCCCCCCCCCCCCCCC(=O)NC(=O)CCN. The van der Waals surface area contributed by atoms with E-state index in [1.54, 1.807) is 0 Å². The van der Waals surface area contributed by atoms with Crippen LogP contribution in [0.2, 0.25) is 0 Å². The van der Waals surface area contributed by atoms with Gasteiger partial charge in [-0.2, -0.15) is 0 Å². The summed E-state index contributed by atoms with van der Waals surface area (Å²) in [6.45, 7) is 2.55. The second kappa shape index (κ2) is 17.5. The Bertz CT molecular complexity index is 293. The number of carbonyl (C=O) groups is 2. The number of nitrogens with two attached hydrogens (primary N) is 1. The molecule has 0 rings (SSSR count). The fourth-order valence-corrected chi connectivity index (χ4v) is 2.71. The largest absolute Gasteiger partial charge is 0.330 e. The molecule has 136 valence electrons.